The van der Waals surface area contributed by atoms with E-state index in [1.807, 2.05) is 0 Å². The van der Waals surface area contributed by atoms with Gasteiger partial charge in [-0.3, -0.25) is 4.90 Å². The van der Waals surface area contributed by atoms with Crippen LogP contribution in [0.5, 0.6) is 0 Å². The molecule has 1 rings (SSSR count). The maximum absolute atomic E-state index is 8.64. The molecule has 0 aliphatic carbocycles. The van der Waals surface area contributed by atoms with Crippen LogP contribution in [0, 0.1) is 0 Å². The van der Waals surface area contributed by atoms with Crippen LogP contribution in [0.15, 0.2) is 0 Å². The SMILES string of the molecule is CN1CCN(C)C(CNCCCO)C1. The van der Waals surface area contributed by atoms with Crippen molar-refractivity contribution >= 4 is 0 Å². The Labute approximate surface area is 86.9 Å². The molecular weight excluding hydrogens is 178 g/mol. The van der Waals surface area contributed by atoms with E-state index >= 15 is 0 Å². The molecule has 0 radical (unpaired) electrons. The van der Waals surface area contributed by atoms with Crippen molar-refractivity contribution in [3.8, 4) is 0 Å². The molecule has 1 aliphatic rings. The van der Waals surface area contributed by atoms with Crippen LogP contribution >= 0.6 is 0 Å². The first-order chi connectivity index (χ1) is 6.74. The number of nitrogens with zero attached hydrogens (tertiary/aromatic N) is 2. The van der Waals surface area contributed by atoms with Gasteiger partial charge in [0.05, 0.1) is 0 Å². The van der Waals surface area contributed by atoms with Crippen molar-refractivity contribution < 1.29 is 5.11 Å². The Kier molecular flexibility index (Phi) is 5.40. The van der Waals surface area contributed by atoms with Crippen LogP contribution in [-0.4, -0.2) is 74.4 Å². The van der Waals surface area contributed by atoms with Crippen LogP contribution < -0.4 is 5.32 Å². The molecule has 1 aliphatic heterocycles. The fourth-order valence-electron chi connectivity index (χ4n) is 1.79. The Morgan fingerprint density at radius 3 is 2.86 bits per heavy atom. The topological polar surface area (TPSA) is 38.7 Å². The first kappa shape index (κ1) is 11.9. The highest BCUT2D eigenvalue weighted by atomic mass is 16.3. The average Bonchev–Trinajstić information content (AvgIpc) is 2.18. The average molecular weight is 201 g/mol. The third kappa shape index (κ3) is 3.92. The summed E-state index contributed by atoms with van der Waals surface area (Å²) in [5.41, 5.74) is 0. The van der Waals surface area contributed by atoms with Crippen molar-refractivity contribution in [2.75, 3.05) is 53.4 Å². The third-order valence-corrected chi connectivity index (χ3v) is 2.87. The van der Waals surface area contributed by atoms with Gasteiger partial charge in [-0.2, -0.15) is 0 Å². The number of aliphatic hydroxyl groups excluding tert-OH is 1. The summed E-state index contributed by atoms with van der Waals surface area (Å²) in [7, 11) is 4.36. The second kappa shape index (κ2) is 6.35. The molecule has 1 heterocycles. The van der Waals surface area contributed by atoms with Crippen molar-refractivity contribution in [2.45, 2.75) is 12.5 Å². The number of rotatable bonds is 5. The standard InChI is InChI=1S/C10H23N3O/c1-12-5-6-13(2)10(9-12)8-11-4-3-7-14/h10-11,14H,3-9H2,1-2H3. The highest BCUT2D eigenvalue weighted by molar-refractivity contribution is 4.79. The van der Waals surface area contributed by atoms with E-state index in [0.717, 1.165) is 32.6 Å². The van der Waals surface area contributed by atoms with Crippen molar-refractivity contribution in [2.24, 2.45) is 0 Å². The third-order valence-electron chi connectivity index (χ3n) is 2.87. The summed E-state index contributed by atoms with van der Waals surface area (Å²) >= 11 is 0. The van der Waals surface area contributed by atoms with Gasteiger partial charge in [-0.25, -0.2) is 0 Å². The fraction of sp³-hybridized carbons (Fsp3) is 1.00. The lowest BCUT2D eigenvalue weighted by Gasteiger charge is -2.37. The number of nitrogens with one attached hydrogen (secondary N) is 1. The molecule has 0 saturated carbocycles. The number of piperazine rings is 1. The molecular formula is C10H23N3O. The van der Waals surface area contributed by atoms with Crippen LogP contribution in [-0.2, 0) is 0 Å². The summed E-state index contributed by atoms with van der Waals surface area (Å²) in [5, 5.41) is 12.0. The zero-order chi connectivity index (χ0) is 10.4. The van der Waals surface area contributed by atoms with Crippen molar-refractivity contribution in [1.29, 1.82) is 0 Å². The van der Waals surface area contributed by atoms with Crippen molar-refractivity contribution in [1.82, 2.24) is 15.1 Å². The van der Waals surface area contributed by atoms with Gasteiger partial charge in [0.1, 0.15) is 0 Å². The summed E-state index contributed by atoms with van der Waals surface area (Å²) in [6.45, 7) is 5.70. The Morgan fingerprint density at radius 1 is 1.36 bits per heavy atom. The molecule has 0 aromatic heterocycles. The minimum atomic E-state index is 0.285. The second-order valence-corrected chi connectivity index (χ2v) is 4.18. The lowest BCUT2D eigenvalue weighted by Crippen LogP contribution is -2.53. The maximum atomic E-state index is 8.64. The monoisotopic (exact) mass is 201 g/mol. The molecule has 1 atom stereocenters. The van der Waals surface area contributed by atoms with Crippen molar-refractivity contribution in [3.05, 3.63) is 0 Å². The van der Waals surface area contributed by atoms with E-state index in [1.54, 1.807) is 0 Å². The normalized spacial score (nSPS) is 25.5. The number of likely N-dealkylation sites (N-methyl/N-ethyl adjacent to an activating group) is 2. The maximum Gasteiger partial charge on any atom is 0.0443 e. The molecule has 1 fully saturated rings. The molecule has 4 heteroatoms. The summed E-state index contributed by atoms with van der Waals surface area (Å²) in [6, 6.07) is 0.618. The molecule has 0 aromatic carbocycles. The van der Waals surface area contributed by atoms with Gasteiger partial charge >= 0.3 is 0 Å². The summed E-state index contributed by atoms with van der Waals surface area (Å²) in [4.78, 5) is 4.78. The minimum absolute atomic E-state index is 0.285. The van der Waals surface area contributed by atoms with Gasteiger partial charge in [0.25, 0.3) is 0 Å². The molecule has 1 unspecified atom stereocenters. The van der Waals surface area contributed by atoms with Gasteiger partial charge in [0.2, 0.25) is 0 Å². The number of aliphatic hydroxyl groups is 1. The molecule has 0 bridgehead atoms. The molecule has 2 N–H and O–H groups in total. The van der Waals surface area contributed by atoms with Crippen LogP contribution in [0.3, 0.4) is 0 Å². The van der Waals surface area contributed by atoms with Gasteiger partial charge in [0, 0.05) is 38.8 Å². The minimum Gasteiger partial charge on any atom is -0.396 e. The predicted octanol–water partition coefficient (Wildman–Crippen LogP) is -0.796. The Hall–Kier alpha value is -0.160. The summed E-state index contributed by atoms with van der Waals surface area (Å²) in [6.07, 6.45) is 0.853. The van der Waals surface area contributed by atoms with E-state index in [2.05, 4.69) is 29.2 Å². The van der Waals surface area contributed by atoms with Crippen LogP contribution in [0.4, 0.5) is 0 Å². The van der Waals surface area contributed by atoms with E-state index < -0.39 is 0 Å². The van der Waals surface area contributed by atoms with Crippen LogP contribution in [0.2, 0.25) is 0 Å². The van der Waals surface area contributed by atoms with Gasteiger partial charge in [0.15, 0.2) is 0 Å². The van der Waals surface area contributed by atoms with Crippen LogP contribution in [0.1, 0.15) is 6.42 Å². The summed E-state index contributed by atoms with van der Waals surface area (Å²) < 4.78 is 0. The summed E-state index contributed by atoms with van der Waals surface area (Å²) in [5.74, 6) is 0. The highest BCUT2D eigenvalue weighted by Crippen LogP contribution is 2.04. The fourth-order valence-corrected chi connectivity index (χ4v) is 1.79. The number of hydrogen-bond donors (Lipinski definition) is 2. The number of hydrogen-bond acceptors (Lipinski definition) is 4. The molecule has 1 saturated heterocycles. The van der Waals surface area contributed by atoms with E-state index in [9.17, 15) is 0 Å². The van der Waals surface area contributed by atoms with E-state index in [-0.39, 0.29) is 6.61 Å². The van der Waals surface area contributed by atoms with Gasteiger partial charge < -0.3 is 15.3 Å². The molecule has 0 aromatic rings. The van der Waals surface area contributed by atoms with Gasteiger partial charge in [-0.15, -0.1) is 0 Å². The first-order valence-electron chi connectivity index (χ1n) is 5.44. The van der Waals surface area contributed by atoms with E-state index in [1.165, 1.54) is 6.54 Å². The molecule has 0 amide bonds. The van der Waals surface area contributed by atoms with Gasteiger partial charge in [-0.1, -0.05) is 0 Å². The zero-order valence-electron chi connectivity index (χ0n) is 9.37. The predicted molar refractivity (Wildman–Crippen MR) is 58.5 cm³/mol. The molecule has 0 spiro atoms. The smallest absolute Gasteiger partial charge is 0.0443 e. The quantitative estimate of drug-likeness (QED) is 0.572. The Bertz CT molecular complexity index is 154. The Balaban J connectivity index is 2.14. The highest BCUT2D eigenvalue weighted by Gasteiger charge is 2.21. The Morgan fingerprint density at radius 2 is 2.14 bits per heavy atom. The van der Waals surface area contributed by atoms with E-state index in [4.69, 9.17) is 5.11 Å². The van der Waals surface area contributed by atoms with Crippen molar-refractivity contribution in [3.63, 3.8) is 0 Å². The molecule has 4 nitrogen and oxygen atoms in total. The molecule has 84 valence electrons. The first-order valence-corrected chi connectivity index (χ1v) is 5.44. The lowest BCUT2D eigenvalue weighted by molar-refractivity contribution is 0.113. The second-order valence-electron chi connectivity index (χ2n) is 4.18. The van der Waals surface area contributed by atoms with Crippen LogP contribution in [0.25, 0.3) is 0 Å². The van der Waals surface area contributed by atoms with Gasteiger partial charge in [-0.05, 0) is 27.1 Å². The zero-order valence-corrected chi connectivity index (χ0v) is 9.37. The largest absolute Gasteiger partial charge is 0.396 e. The molecule has 14 heavy (non-hydrogen) atoms. The van der Waals surface area contributed by atoms with E-state index in [0.29, 0.717) is 6.04 Å². The lowest BCUT2D eigenvalue weighted by atomic mass is 10.2.